The number of aliphatic carboxylic acids is 1. The molecule has 132 valence electrons. The van der Waals surface area contributed by atoms with Crippen LogP contribution in [0.15, 0.2) is 0 Å². The first-order valence-electron chi connectivity index (χ1n) is 9.74. The number of hydrogen-bond acceptors (Lipinski definition) is 1. The zero-order valence-corrected chi connectivity index (χ0v) is 15.4. The summed E-state index contributed by atoms with van der Waals surface area (Å²) < 4.78 is 0. The number of hydrogen-bond donors (Lipinski definition) is 1. The Morgan fingerprint density at radius 2 is 1.09 bits per heavy atom. The van der Waals surface area contributed by atoms with E-state index < -0.39 is 5.97 Å². The van der Waals surface area contributed by atoms with Crippen LogP contribution < -0.4 is 0 Å². The van der Waals surface area contributed by atoms with Crippen molar-refractivity contribution in [2.24, 2.45) is 11.8 Å². The van der Waals surface area contributed by atoms with Crippen LogP contribution in [0.4, 0.5) is 0 Å². The number of carboxylic acid groups (broad SMARTS) is 1. The van der Waals surface area contributed by atoms with E-state index in [0.717, 1.165) is 24.7 Å². The van der Waals surface area contributed by atoms with Gasteiger partial charge in [-0.05, 0) is 18.3 Å². The molecule has 0 radical (unpaired) electrons. The number of rotatable bonds is 16. The highest BCUT2D eigenvalue weighted by atomic mass is 16.4. The van der Waals surface area contributed by atoms with E-state index in [1.807, 2.05) is 0 Å². The molecule has 0 aliphatic carbocycles. The van der Waals surface area contributed by atoms with Crippen molar-refractivity contribution in [1.29, 1.82) is 0 Å². The fourth-order valence-corrected chi connectivity index (χ4v) is 3.02. The molecule has 22 heavy (non-hydrogen) atoms. The first-order chi connectivity index (χ1) is 10.5. The van der Waals surface area contributed by atoms with Gasteiger partial charge in [-0.15, -0.1) is 0 Å². The third-order valence-corrected chi connectivity index (χ3v) is 4.57. The summed E-state index contributed by atoms with van der Waals surface area (Å²) in [6.07, 6.45) is 17.3. The molecular formula is C20H40O2. The van der Waals surface area contributed by atoms with Crippen LogP contribution in [0.5, 0.6) is 0 Å². The Balaban J connectivity index is 3.16. The fourth-order valence-electron chi connectivity index (χ4n) is 3.02. The van der Waals surface area contributed by atoms with Crippen molar-refractivity contribution in [2.75, 3.05) is 0 Å². The van der Waals surface area contributed by atoms with E-state index in [9.17, 15) is 4.79 Å². The van der Waals surface area contributed by atoms with Crippen LogP contribution in [-0.2, 0) is 4.79 Å². The molecule has 0 amide bonds. The molecule has 0 fully saturated rings. The average molecular weight is 313 g/mol. The molecule has 0 spiro atoms. The Bertz CT molecular complexity index is 248. The standard InChI is InChI=1S/C20H40O2/c1-18(2)14-12-13-16-19(3)15-10-8-6-4-5-7-9-11-17-20(21)22/h18-19H,4-17H2,1-3H3,(H,21,22). The second-order valence-electron chi connectivity index (χ2n) is 7.54. The van der Waals surface area contributed by atoms with Crippen molar-refractivity contribution in [3.05, 3.63) is 0 Å². The van der Waals surface area contributed by atoms with Gasteiger partial charge in [-0.2, -0.15) is 0 Å². The predicted octanol–water partition coefficient (Wildman–Crippen LogP) is 6.82. The van der Waals surface area contributed by atoms with Crippen molar-refractivity contribution < 1.29 is 9.90 Å². The largest absolute Gasteiger partial charge is 0.481 e. The minimum Gasteiger partial charge on any atom is -0.481 e. The van der Waals surface area contributed by atoms with Gasteiger partial charge in [0.2, 0.25) is 0 Å². The monoisotopic (exact) mass is 312 g/mol. The van der Waals surface area contributed by atoms with Crippen LogP contribution in [-0.4, -0.2) is 11.1 Å². The molecule has 1 atom stereocenters. The second kappa shape index (κ2) is 15.4. The van der Waals surface area contributed by atoms with E-state index in [0.29, 0.717) is 6.42 Å². The molecule has 0 saturated heterocycles. The van der Waals surface area contributed by atoms with Crippen molar-refractivity contribution in [1.82, 2.24) is 0 Å². The minimum absolute atomic E-state index is 0.342. The maximum Gasteiger partial charge on any atom is 0.303 e. The van der Waals surface area contributed by atoms with Crippen LogP contribution >= 0.6 is 0 Å². The lowest BCUT2D eigenvalue weighted by Crippen LogP contribution is -1.96. The molecule has 0 rings (SSSR count). The lowest BCUT2D eigenvalue weighted by Gasteiger charge is -2.11. The molecule has 0 aromatic heterocycles. The summed E-state index contributed by atoms with van der Waals surface area (Å²) in [5, 5.41) is 8.55. The summed E-state index contributed by atoms with van der Waals surface area (Å²) in [5.41, 5.74) is 0. The lowest BCUT2D eigenvalue weighted by molar-refractivity contribution is -0.137. The predicted molar refractivity (Wildman–Crippen MR) is 96.3 cm³/mol. The van der Waals surface area contributed by atoms with Crippen LogP contribution in [0.1, 0.15) is 111 Å². The van der Waals surface area contributed by atoms with Crippen molar-refractivity contribution in [3.63, 3.8) is 0 Å². The maximum absolute atomic E-state index is 10.4. The molecule has 0 aliphatic rings. The molecule has 0 saturated carbocycles. The van der Waals surface area contributed by atoms with Crippen LogP contribution in [0.2, 0.25) is 0 Å². The smallest absolute Gasteiger partial charge is 0.303 e. The Labute approximate surface area is 139 Å². The minimum atomic E-state index is -0.654. The van der Waals surface area contributed by atoms with E-state index in [2.05, 4.69) is 20.8 Å². The molecule has 2 heteroatoms. The summed E-state index contributed by atoms with van der Waals surface area (Å²) in [6.45, 7) is 7.04. The Kier molecular flexibility index (Phi) is 15.0. The highest BCUT2D eigenvalue weighted by Gasteiger charge is 2.03. The lowest BCUT2D eigenvalue weighted by atomic mass is 9.95. The molecule has 0 bridgehead atoms. The SMILES string of the molecule is CC(C)CCCCC(C)CCCCCCCCCCC(=O)O. The van der Waals surface area contributed by atoms with E-state index >= 15 is 0 Å². The van der Waals surface area contributed by atoms with Crippen molar-refractivity contribution >= 4 is 5.97 Å². The quantitative estimate of drug-likeness (QED) is 0.317. The third-order valence-electron chi connectivity index (χ3n) is 4.57. The number of unbranched alkanes of at least 4 members (excludes halogenated alkanes) is 8. The molecule has 0 heterocycles. The van der Waals surface area contributed by atoms with Gasteiger partial charge in [0.25, 0.3) is 0 Å². The Hall–Kier alpha value is -0.530. The van der Waals surface area contributed by atoms with Crippen molar-refractivity contribution in [2.45, 2.75) is 111 Å². The van der Waals surface area contributed by atoms with Gasteiger partial charge in [-0.25, -0.2) is 0 Å². The molecule has 0 aromatic carbocycles. The molecule has 2 nitrogen and oxygen atoms in total. The van der Waals surface area contributed by atoms with Gasteiger partial charge in [-0.3, -0.25) is 4.79 Å². The first kappa shape index (κ1) is 21.5. The van der Waals surface area contributed by atoms with Crippen LogP contribution in [0, 0.1) is 11.8 Å². The third kappa shape index (κ3) is 17.5. The highest BCUT2D eigenvalue weighted by Crippen LogP contribution is 2.19. The highest BCUT2D eigenvalue weighted by molar-refractivity contribution is 5.66. The summed E-state index contributed by atoms with van der Waals surface area (Å²) in [6, 6.07) is 0. The van der Waals surface area contributed by atoms with Gasteiger partial charge in [-0.1, -0.05) is 97.8 Å². The van der Waals surface area contributed by atoms with E-state index in [4.69, 9.17) is 5.11 Å². The second-order valence-corrected chi connectivity index (χ2v) is 7.54. The summed E-state index contributed by atoms with van der Waals surface area (Å²) in [4.78, 5) is 10.4. The Morgan fingerprint density at radius 1 is 0.682 bits per heavy atom. The fraction of sp³-hybridized carbons (Fsp3) is 0.950. The molecule has 0 aromatic rings. The van der Waals surface area contributed by atoms with Gasteiger partial charge < -0.3 is 5.11 Å². The summed E-state index contributed by atoms with van der Waals surface area (Å²) in [5.74, 6) is 1.11. The summed E-state index contributed by atoms with van der Waals surface area (Å²) >= 11 is 0. The Morgan fingerprint density at radius 3 is 1.59 bits per heavy atom. The molecular weight excluding hydrogens is 272 g/mol. The first-order valence-corrected chi connectivity index (χ1v) is 9.74. The molecule has 1 unspecified atom stereocenters. The number of carboxylic acids is 1. The number of carbonyl (C=O) groups is 1. The van der Waals surface area contributed by atoms with E-state index in [1.54, 1.807) is 0 Å². The van der Waals surface area contributed by atoms with E-state index in [1.165, 1.54) is 70.6 Å². The topological polar surface area (TPSA) is 37.3 Å². The van der Waals surface area contributed by atoms with Gasteiger partial charge >= 0.3 is 5.97 Å². The van der Waals surface area contributed by atoms with Gasteiger partial charge in [0, 0.05) is 6.42 Å². The van der Waals surface area contributed by atoms with Gasteiger partial charge in [0.15, 0.2) is 0 Å². The molecule has 1 N–H and O–H groups in total. The normalized spacial score (nSPS) is 12.7. The van der Waals surface area contributed by atoms with Crippen molar-refractivity contribution in [3.8, 4) is 0 Å². The van der Waals surface area contributed by atoms with Crippen LogP contribution in [0.25, 0.3) is 0 Å². The summed E-state index contributed by atoms with van der Waals surface area (Å²) in [7, 11) is 0. The van der Waals surface area contributed by atoms with Gasteiger partial charge in [0.1, 0.15) is 0 Å². The van der Waals surface area contributed by atoms with Crippen LogP contribution in [0.3, 0.4) is 0 Å². The zero-order chi connectivity index (χ0) is 16.6. The zero-order valence-electron chi connectivity index (χ0n) is 15.4. The van der Waals surface area contributed by atoms with E-state index in [-0.39, 0.29) is 0 Å². The maximum atomic E-state index is 10.4. The molecule has 0 aliphatic heterocycles. The van der Waals surface area contributed by atoms with Gasteiger partial charge in [0.05, 0.1) is 0 Å². The average Bonchev–Trinajstić information content (AvgIpc) is 2.45.